The maximum Gasteiger partial charge on any atom is 0.203 e. The van der Waals surface area contributed by atoms with E-state index in [0.29, 0.717) is 35.4 Å². The molecule has 3 rings (SSSR count). The van der Waals surface area contributed by atoms with Crippen molar-refractivity contribution >= 4 is 11.8 Å². The lowest BCUT2D eigenvalue weighted by molar-refractivity contribution is 0.324. The van der Waals surface area contributed by atoms with Gasteiger partial charge in [0.15, 0.2) is 22.5 Å². The minimum absolute atomic E-state index is 0.241. The first-order chi connectivity index (χ1) is 13.6. The fourth-order valence-corrected chi connectivity index (χ4v) is 3.79. The molecule has 148 valence electrons. The molecule has 6 nitrogen and oxygen atoms in total. The lowest BCUT2D eigenvalue weighted by atomic mass is 10.1. The quantitative estimate of drug-likeness (QED) is 0.519. The van der Waals surface area contributed by atoms with Crippen LogP contribution in [-0.2, 0) is 12.3 Å². The van der Waals surface area contributed by atoms with Gasteiger partial charge in [-0.25, -0.2) is 4.39 Å². The molecular formula is C20H22FN3O3S. The van der Waals surface area contributed by atoms with Crippen LogP contribution in [0, 0.1) is 5.82 Å². The van der Waals surface area contributed by atoms with Crippen LogP contribution in [0.25, 0.3) is 11.4 Å². The monoisotopic (exact) mass is 403 g/mol. The first kappa shape index (κ1) is 20.0. The molecule has 0 aliphatic rings. The summed E-state index contributed by atoms with van der Waals surface area (Å²) in [6.07, 6.45) is 0. The number of benzene rings is 2. The fourth-order valence-electron chi connectivity index (χ4n) is 2.83. The van der Waals surface area contributed by atoms with Gasteiger partial charge in [0.25, 0.3) is 0 Å². The van der Waals surface area contributed by atoms with Crippen LogP contribution in [0.3, 0.4) is 0 Å². The summed E-state index contributed by atoms with van der Waals surface area (Å²) in [5.41, 5.74) is 1.84. The Kier molecular flexibility index (Phi) is 6.41. The summed E-state index contributed by atoms with van der Waals surface area (Å²) < 4.78 is 31.4. The molecule has 2 aromatic carbocycles. The predicted molar refractivity (Wildman–Crippen MR) is 107 cm³/mol. The predicted octanol–water partition coefficient (Wildman–Crippen LogP) is 4.42. The van der Waals surface area contributed by atoms with Gasteiger partial charge in [-0.2, -0.15) is 0 Å². The van der Waals surface area contributed by atoms with E-state index < -0.39 is 0 Å². The molecule has 0 aliphatic heterocycles. The van der Waals surface area contributed by atoms with Crippen molar-refractivity contribution in [2.45, 2.75) is 24.4 Å². The molecule has 0 saturated carbocycles. The van der Waals surface area contributed by atoms with Gasteiger partial charge < -0.3 is 18.8 Å². The van der Waals surface area contributed by atoms with Gasteiger partial charge in [0.1, 0.15) is 5.82 Å². The van der Waals surface area contributed by atoms with Crippen molar-refractivity contribution in [2.24, 2.45) is 0 Å². The minimum atomic E-state index is -0.241. The van der Waals surface area contributed by atoms with Crippen LogP contribution in [0.2, 0.25) is 0 Å². The van der Waals surface area contributed by atoms with Gasteiger partial charge in [-0.3, -0.25) is 0 Å². The summed E-state index contributed by atoms with van der Waals surface area (Å²) >= 11 is 1.55. The van der Waals surface area contributed by atoms with Crippen molar-refractivity contribution in [3.05, 3.63) is 47.8 Å². The average molecular weight is 403 g/mol. The molecule has 0 N–H and O–H groups in total. The number of nitrogens with zero attached hydrogens (tertiary/aromatic N) is 3. The molecule has 0 radical (unpaired) electrons. The highest BCUT2D eigenvalue weighted by Gasteiger charge is 2.19. The van der Waals surface area contributed by atoms with Crippen LogP contribution in [0.15, 0.2) is 41.6 Å². The molecule has 8 heteroatoms. The molecule has 0 spiro atoms. The number of halogens is 1. The Morgan fingerprint density at radius 3 is 2.14 bits per heavy atom. The second kappa shape index (κ2) is 8.97. The van der Waals surface area contributed by atoms with Crippen molar-refractivity contribution in [1.82, 2.24) is 14.8 Å². The number of hydrogen-bond acceptors (Lipinski definition) is 6. The van der Waals surface area contributed by atoms with Crippen LogP contribution >= 0.6 is 11.8 Å². The van der Waals surface area contributed by atoms with Crippen LogP contribution < -0.4 is 14.2 Å². The molecular weight excluding hydrogens is 381 g/mol. The van der Waals surface area contributed by atoms with Gasteiger partial charge >= 0.3 is 0 Å². The van der Waals surface area contributed by atoms with E-state index in [-0.39, 0.29) is 5.82 Å². The number of hydrogen-bond donors (Lipinski definition) is 0. The maximum atomic E-state index is 13.1. The summed E-state index contributed by atoms with van der Waals surface area (Å²) in [5.74, 6) is 2.79. The molecule has 0 unspecified atom stereocenters. The number of aromatic nitrogens is 3. The van der Waals surface area contributed by atoms with Gasteiger partial charge in [-0.05, 0) is 36.8 Å². The van der Waals surface area contributed by atoms with Gasteiger partial charge in [-0.1, -0.05) is 23.9 Å². The van der Waals surface area contributed by atoms with E-state index in [1.54, 1.807) is 45.2 Å². The Balaban J connectivity index is 1.92. The van der Waals surface area contributed by atoms with Crippen LogP contribution in [-0.4, -0.2) is 36.1 Å². The maximum absolute atomic E-state index is 13.1. The molecule has 0 amide bonds. The molecule has 0 saturated heterocycles. The van der Waals surface area contributed by atoms with E-state index in [0.717, 1.165) is 16.3 Å². The van der Waals surface area contributed by atoms with Gasteiger partial charge in [0.2, 0.25) is 5.75 Å². The molecule has 28 heavy (non-hydrogen) atoms. The SMILES string of the molecule is CCn1c(SCc2ccc(F)cc2)nnc1-c1cc(OC)c(OC)c(OC)c1. The van der Waals surface area contributed by atoms with Crippen LogP contribution in [0.4, 0.5) is 4.39 Å². The van der Waals surface area contributed by atoms with Gasteiger partial charge in [0.05, 0.1) is 21.3 Å². The fraction of sp³-hybridized carbons (Fsp3) is 0.300. The molecule has 0 aliphatic carbocycles. The molecule has 1 heterocycles. The lowest BCUT2D eigenvalue weighted by Crippen LogP contribution is -2.01. The summed E-state index contributed by atoms with van der Waals surface area (Å²) in [6.45, 7) is 2.73. The van der Waals surface area contributed by atoms with Crippen molar-refractivity contribution in [1.29, 1.82) is 0 Å². The van der Waals surface area contributed by atoms with E-state index in [9.17, 15) is 4.39 Å². The first-order valence-corrected chi connectivity index (χ1v) is 9.70. The zero-order valence-electron chi connectivity index (χ0n) is 16.2. The zero-order chi connectivity index (χ0) is 20.1. The summed E-state index contributed by atoms with van der Waals surface area (Å²) in [5, 5.41) is 9.50. The van der Waals surface area contributed by atoms with E-state index in [2.05, 4.69) is 10.2 Å². The van der Waals surface area contributed by atoms with Crippen molar-refractivity contribution < 1.29 is 18.6 Å². The third kappa shape index (κ3) is 4.06. The molecule has 1 aromatic heterocycles. The molecule has 0 fully saturated rings. The van der Waals surface area contributed by atoms with Gasteiger partial charge in [0, 0.05) is 17.9 Å². The summed E-state index contributed by atoms with van der Waals surface area (Å²) in [7, 11) is 4.73. The first-order valence-electron chi connectivity index (χ1n) is 8.72. The molecule has 3 aromatic rings. The summed E-state index contributed by atoms with van der Waals surface area (Å²) in [6, 6.07) is 10.2. The second-order valence-corrected chi connectivity index (χ2v) is 6.82. The average Bonchev–Trinajstić information content (AvgIpc) is 3.15. The van der Waals surface area contributed by atoms with E-state index in [4.69, 9.17) is 14.2 Å². The Bertz CT molecular complexity index is 919. The van der Waals surface area contributed by atoms with Crippen molar-refractivity contribution in [3.8, 4) is 28.6 Å². The topological polar surface area (TPSA) is 58.4 Å². The highest BCUT2D eigenvalue weighted by molar-refractivity contribution is 7.98. The van der Waals surface area contributed by atoms with Gasteiger partial charge in [-0.15, -0.1) is 10.2 Å². The zero-order valence-corrected chi connectivity index (χ0v) is 17.0. The third-order valence-corrected chi connectivity index (χ3v) is 5.28. The third-order valence-electron chi connectivity index (χ3n) is 4.24. The number of methoxy groups -OCH3 is 3. The highest BCUT2D eigenvalue weighted by atomic mass is 32.2. The van der Waals surface area contributed by atoms with Crippen molar-refractivity contribution in [3.63, 3.8) is 0 Å². The summed E-state index contributed by atoms with van der Waals surface area (Å²) in [4.78, 5) is 0. The number of thioether (sulfide) groups is 1. The lowest BCUT2D eigenvalue weighted by Gasteiger charge is -2.14. The highest BCUT2D eigenvalue weighted by Crippen LogP contribution is 2.41. The Hall–Kier alpha value is -2.74. The Labute approximate surface area is 167 Å². The molecule has 0 bridgehead atoms. The van der Waals surface area contributed by atoms with Crippen LogP contribution in [0.5, 0.6) is 17.2 Å². The normalized spacial score (nSPS) is 10.8. The largest absolute Gasteiger partial charge is 0.493 e. The number of ether oxygens (including phenoxy) is 3. The number of rotatable bonds is 8. The minimum Gasteiger partial charge on any atom is -0.493 e. The van der Waals surface area contributed by atoms with E-state index in [1.165, 1.54) is 12.1 Å². The Morgan fingerprint density at radius 2 is 1.61 bits per heavy atom. The Morgan fingerprint density at radius 1 is 0.964 bits per heavy atom. The second-order valence-electron chi connectivity index (χ2n) is 5.88. The molecule has 0 atom stereocenters. The van der Waals surface area contributed by atoms with E-state index >= 15 is 0 Å². The van der Waals surface area contributed by atoms with Crippen LogP contribution in [0.1, 0.15) is 12.5 Å². The standard InChI is InChI=1S/C20H22FN3O3S/c1-5-24-19(14-10-16(25-2)18(27-4)17(11-14)26-3)22-23-20(24)28-12-13-6-8-15(21)9-7-13/h6-11H,5,12H2,1-4H3. The smallest absolute Gasteiger partial charge is 0.203 e. The van der Waals surface area contributed by atoms with Crippen molar-refractivity contribution in [2.75, 3.05) is 21.3 Å². The van der Waals surface area contributed by atoms with E-state index in [1.807, 2.05) is 23.6 Å².